The summed E-state index contributed by atoms with van der Waals surface area (Å²) in [5, 5.41) is 6.52. The summed E-state index contributed by atoms with van der Waals surface area (Å²) < 4.78 is 2.16. The first-order valence-corrected chi connectivity index (χ1v) is 6.75. The molecular weight excluding hydrogens is 232 g/mol. The summed E-state index contributed by atoms with van der Waals surface area (Å²) in [6.45, 7) is 7.95. The molecule has 0 fully saturated rings. The Kier molecular flexibility index (Phi) is 3.78. The Morgan fingerprint density at radius 1 is 1.29 bits per heavy atom. The third kappa shape index (κ3) is 3.06. The van der Waals surface area contributed by atoms with Gasteiger partial charge in [-0.15, -0.1) is 11.3 Å². The van der Waals surface area contributed by atoms with Crippen molar-refractivity contribution in [3.8, 4) is 0 Å². The number of thiazole rings is 1. The lowest BCUT2D eigenvalue weighted by Gasteiger charge is -2.06. The summed E-state index contributed by atoms with van der Waals surface area (Å²) >= 11 is 1.68. The minimum absolute atomic E-state index is 0.749. The molecule has 17 heavy (non-hydrogen) atoms. The van der Waals surface area contributed by atoms with Crippen LogP contribution in [0.15, 0.2) is 11.6 Å². The van der Waals surface area contributed by atoms with Crippen LogP contribution in [0, 0.1) is 13.8 Å². The number of hydrogen-bond donors (Lipinski definition) is 1. The van der Waals surface area contributed by atoms with E-state index in [1.807, 2.05) is 13.8 Å². The zero-order chi connectivity index (χ0) is 12.3. The molecule has 4 nitrogen and oxygen atoms in total. The number of imidazole rings is 1. The third-order valence-electron chi connectivity index (χ3n) is 2.43. The summed E-state index contributed by atoms with van der Waals surface area (Å²) in [5.41, 5.74) is 2.14. The Morgan fingerprint density at radius 3 is 2.76 bits per heavy atom. The first kappa shape index (κ1) is 12.1. The molecule has 0 aliphatic carbocycles. The van der Waals surface area contributed by atoms with Gasteiger partial charge in [-0.05, 0) is 20.3 Å². The molecule has 0 aromatic carbocycles. The molecule has 0 spiro atoms. The highest BCUT2D eigenvalue weighted by Gasteiger charge is 2.05. The molecule has 0 saturated heterocycles. The zero-order valence-corrected chi connectivity index (χ0v) is 11.3. The summed E-state index contributed by atoms with van der Waals surface area (Å²) in [5.74, 6) is 0.942. The number of aromatic nitrogens is 3. The standard InChI is InChI=1S/C12H18N4S/c1-4-5-16-7-9(2)15-12(16)13-6-11-14-10(3)8-17-11/h7-8H,4-6H2,1-3H3,(H,13,15). The van der Waals surface area contributed by atoms with Crippen LogP contribution >= 0.6 is 11.3 Å². The molecule has 1 N–H and O–H groups in total. The van der Waals surface area contributed by atoms with E-state index in [1.54, 1.807) is 11.3 Å². The monoisotopic (exact) mass is 250 g/mol. The van der Waals surface area contributed by atoms with E-state index >= 15 is 0 Å². The van der Waals surface area contributed by atoms with Gasteiger partial charge in [-0.3, -0.25) is 0 Å². The van der Waals surface area contributed by atoms with Crippen molar-refractivity contribution in [2.75, 3.05) is 5.32 Å². The number of anilines is 1. The highest BCUT2D eigenvalue weighted by Crippen LogP contribution is 2.13. The molecule has 2 rings (SSSR count). The van der Waals surface area contributed by atoms with Crippen LogP contribution in [0.2, 0.25) is 0 Å². The summed E-state index contributed by atoms with van der Waals surface area (Å²) in [7, 11) is 0. The second-order valence-corrected chi connectivity index (χ2v) is 5.08. The van der Waals surface area contributed by atoms with Crippen LogP contribution in [-0.4, -0.2) is 14.5 Å². The SMILES string of the molecule is CCCn1cc(C)nc1NCc1nc(C)cs1. The number of rotatable bonds is 5. The van der Waals surface area contributed by atoms with Crippen molar-refractivity contribution in [1.82, 2.24) is 14.5 Å². The molecule has 0 aliphatic rings. The largest absolute Gasteiger partial charge is 0.349 e. The van der Waals surface area contributed by atoms with Gasteiger partial charge in [0.05, 0.1) is 12.2 Å². The van der Waals surface area contributed by atoms with E-state index in [4.69, 9.17) is 0 Å². The summed E-state index contributed by atoms with van der Waals surface area (Å²) in [6.07, 6.45) is 3.19. The lowest BCUT2D eigenvalue weighted by Crippen LogP contribution is -2.07. The fraction of sp³-hybridized carbons (Fsp3) is 0.500. The average molecular weight is 250 g/mol. The normalized spacial score (nSPS) is 10.8. The van der Waals surface area contributed by atoms with Crippen molar-refractivity contribution in [3.63, 3.8) is 0 Å². The van der Waals surface area contributed by atoms with Crippen molar-refractivity contribution in [3.05, 3.63) is 28.0 Å². The fourth-order valence-corrected chi connectivity index (χ4v) is 2.45. The molecule has 2 aromatic heterocycles. The van der Waals surface area contributed by atoms with Gasteiger partial charge in [-0.2, -0.15) is 0 Å². The van der Waals surface area contributed by atoms with Crippen LogP contribution in [0.1, 0.15) is 29.7 Å². The van der Waals surface area contributed by atoms with Crippen molar-refractivity contribution in [1.29, 1.82) is 0 Å². The molecule has 2 aromatic rings. The van der Waals surface area contributed by atoms with Crippen LogP contribution in [0.3, 0.4) is 0 Å². The van der Waals surface area contributed by atoms with Gasteiger partial charge in [0.15, 0.2) is 0 Å². The van der Waals surface area contributed by atoms with Crippen molar-refractivity contribution < 1.29 is 0 Å². The number of nitrogens with one attached hydrogen (secondary N) is 1. The Morgan fingerprint density at radius 2 is 2.12 bits per heavy atom. The molecule has 2 heterocycles. The number of nitrogens with zero attached hydrogens (tertiary/aromatic N) is 3. The second kappa shape index (κ2) is 5.31. The fourth-order valence-electron chi connectivity index (χ4n) is 1.74. The lowest BCUT2D eigenvalue weighted by atomic mass is 10.5. The van der Waals surface area contributed by atoms with Gasteiger partial charge in [0.1, 0.15) is 5.01 Å². The minimum Gasteiger partial charge on any atom is -0.349 e. The predicted octanol–water partition coefficient (Wildman–Crippen LogP) is 2.98. The van der Waals surface area contributed by atoms with Gasteiger partial charge in [0, 0.05) is 23.8 Å². The Bertz CT molecular complexity index is 486. The van der Waals surface area contributed by atoms with Crippen molar-refractivity contribution in [2.45, 2.75) is 40.3 Å². The maximum Gasteiger partial charge on any atom is 0.203 e. The lowest BCUT2D eigenvalue weighted by molar-refractivity contribution is 0.681. The highest BCUT2D eigenvalue weighted by atomic mass is 32.1. The smallest absolute Gasteiger partial charge is 0.203 e. The maximum absolute atomic E-state index is 4.48. The minimum atomic E-state index is 0.749. The maximum atomic E-state index is 4.48. The van der Waals surface area contributed by atoms with Crippen LogP contribution in [-0.2, 0) is 13.1 Å². The van der Waals surface area contributed by atoms with E-state index in [9.17, 15) is 0 Å². The molecule has 0 aliphatic heterocycles. The van der Waals surface area contributed by atoms with Crippen LogP contribution < -0.4 is 5.32 Å². The Labute approximate surface area is 106 Å². The van der Waals surface area contributed by atoms with Crippen LogP contribution in [0.25, 0.3) is 0 Å². The van der Waals surface area contributed by atoms with E-state index in [-0.39, 0.29) is 0 Å². The van der Waals surface area contributed by atoms with E-state index in [0.717, 1.165) is 41.9 Å². The molecule has 0 radical (unpaired) electrons. The Hall–Kier alpha value is -1.36. The molecule has 0 unspecified atom stereocenters. The van der Waals surface area contributed by atoms with Gasteiger partial charge in [0.25, 0.3) is 0 Å². The average Bonchev–Trinajstić information content (AvgIpc) is 2.83. The van der Waals surface area contributed by atoms with Crippen molar-refractivity contribution >= 4 is 17.3 Å². The summed E-state index contributed by atoms with van der Waals surface area (Å²) in [6, 6.07) is 0. The van der Waals surface area contributed by atoms with Gasteiger partial charge in [0.2, 0.25) is 5.95 Å². The van der Waals surface area contributed by atoms with E-state index in [1.165, 1.54) is 0 Å². The molecule has 5 heteroatoms. The molecule has 0 saturated carbocycles. The molecule has 0 atom stereocenters. The highest BCUT2D eigenvalue weighted by molar-refractivity contribution is 7.09. The second-order valence-electron chi connectivity index (χ2n) is 4.14. The van der Waals surface area contributed by atoms with Gasteiger partial charge >= 0.3 is 0 Å². The molecule has 92 valence electrons. The number of aryl methyl sites for hydroxylation is 3. The molecular formula is C12H18N4S. The predicted molar refractivity (Wildman–Crippen MR) is 71.4 cm³/mol. The number of hydrogen-bond acceptors (Lipinski definition) is 4. The van der Waals surface area contributed by atoms with Gasteiger partial charge < -0.3 is 9.88 Å². The van der Waals surface area contributed by atoms with Crippen LogP contribution in [0.5, 0.6) is 0 Å². The first-order valence-electron chi connectivity index (χ1n) is 5.87. The van der Waals surface area contributed by atoms with Gasteiger partial charge in [-0.25, -0.2) is 9.97 Å². The van der Waals surface area contributed by atoms with Crippen LogP contribution in [0.4, 0.5) is 5.95 Å². The van der Waals surface area contributed by atoms with Crippen molar-refractivity contribution in [2.24, 2.45) is 0 Å². The van der Waals surface area contributed by atoms with E-state index < -0.39 is 0 Å². The molecule has 0 bridgehead atoms. The topological polar surface area (TPSA) is 42.7 Å². The molecule has 0 amide bonds. The van der Waals surface area contributed by atoms with E-state index in [2.05, 4.69) is 38.4 Å². The summed E-state index contributed by atoms with van der Waals surface area (Å²) in [4.78, 5) is 8.91. The third-order valence-corrected chi connectivity index (χ3v) is 3.39. The zero-order valence-electron chi connectivity index (χ0n) is 10.5. The Balaban J connectivity index is 2.02. The van der Waals surface area contributed by atoms with Gasteiger partial charge in [-0.1, -0.05) is 6.92 Å². The quantitative estimate of drug-likeness (QED) is 0.887. The van der Waals surface area contributed by atoms with E-state index in [0.29, 0.717) is 0 Å². The first-order chi connectivity index (χ1) is 8.19.